The smallest absolute Gasteiger partial charge is 0.221 e. The van der Waals surface area contributed by atoms with Crippen molar-refractivity contribution < 1.29 is 4.74 Å². The van der Waals surface area contributed by atoms with Crippen LogP contribution in [-0.2, 0) is 4.74 Å². The van der Waals surface area contributed by atoms with Gasteiger partial charge in [-0.3, -0.25) is 0 Å². The van der Waals surface area contributed by atoms with E-state index in [4.69, 9.17) is 10.5 Å². The Morgan fingerprint density at radius 2 is 1.78 bits per heavy atom. The molecule has 1 aliphatic rings. The van der Waals surface area contributed by atoms with Crippen LogP contribution in [0.25, 0.3) is 0 Å². The second kappa shape index (κ2) is 4.09. The minimum Gasteiger partial charge on any atom is -0.368 e. The van der Waals surface area contributed by atoms with E-state index in [1.54, 1.807) is 6.20 Å². The molecule has 0 bridgehead atoms. The van der Waals surface area contributed by atoms with E-state index in [-0.39, 0.29) is 11.2 Å². The molecule has 2 heterocycles. The maximum Gasteiger partial charge on any atom is 0.221 e. The van der Waals surface area contributed by atoms with E-state index in [9.17, 15) is 0 Å². The fraction of sp³-hybridized carbons (Fsp3) is 0.692. The highest BCUT2D eigenvalue weighted by Gasteiger charge is 2.39. The number of ether oxygens (including phenoxy) is 1. The Kier molecular flexibility index (Phi) is 2.97. The first kappa shape index (κ1) is 13.1. The molecular formula is C13H22N4O. The van der Waals surface area contributed by atoms with Gasteiger partial charge in [0.1, 0.15) is 5.82 Å². The Morgan fingerprint density at radius 1 is 1.22 bits per heavy atom. The van der Waals surface area contributed by atoms with Crippen LogP contribution in [0, 0.1) is 6.92 Å². The predicted molar refractivity (Wildman–Crippen MR) is 72.6 cm³/mol. The summed E-state index contributed by atoms with van der Waals surface area (Å²) in [5.74, 6) is 1.23. The van der Waals surface area contributed by atoms with Gasteiger partial charge in [-0.15, -0.1) is 0 Å². The van der Waals surface area contributed by atoms with E-state index >= 15 is 0 Å². The Hall–Kier alpha value is -1.36. The van der Waals surface area contributed by atoms with Gasteiger partial charge >= 0.3 is 0 Å². The lowest BCUT2D eigenvalue weighted by Gasteiger charge is -2.47. The molecule has 0 spiro atoms. The molecule has 18 heavy (non-hydrogen) atoms. The van der Waals surface area contributed by atoms with Crippen LogP contribution in [0.1, 0.15) is 33.3 Å². The van der Waals surface area contributed by atoms with Crippen molar-refractivity contribution in [3.63, 3.8) is 0 Å². The summed E-state index contributed by atoms with van der Waals surface area (Å²) in [5.41, 5.74) is 6.33. The van der Waals surface area contributed by atoms with Gasteiger partial charge in [0.05, 0.1) is 11.2 Å². The maximum atomic E-state index is 6.07. The third-order valence-corrected chi connectivity index (χ3v) is 2.96. The van der Waals surface area contributed by atoms with Crippen molar-refractivity contribution in [1.82, 2.24) is 9.97 Å². The number of nitrogens with two attached hydrogens (primary N) is 1. The summed E-state index contributed by atoms with van der Waals surface area (Å²) in [6.07, 6.45) is 1.77. The Bertz CT molecular complexity index is 440. The molecule has 0 atom stereocenters. The molecule has 0 saturated carbocycles. The zero-order chi connectivity index (χ0) is 13.6. The Balaban J connectivity index is 2.35. The summed E-state index contributed by atoms with van der Waals surface area (Å²) >= 11 is 0. The normalized spacial score (nSPS) is 21.9. The molecule has 1 aliphatic heterocycles. The molecular weight excluding hydrogens is 228 g/mol. The lowest BCUT2D eigenvalue weighted by molar-refractivity contribution is -0.133. The topological polar surface area (TPSA) is 64.3 Å². The summed E-state index contributed by atoms with van der Waals surface area (Å²) in [4.78, 5) is 10.6. The third-order valence-electron chi connectivity index (χ3n) is 2.96. The molecule has 1 saturated heterocycles. The van der Waals surface area contributed by atoms with Crippen LogP contribution in [0.15, 0.2) is 6.20 Å². The first-order valence-corrected chi connectivity index (χ1v) is 6.23. The average molecular weight is 250 g/mol. The van der Waals surface area contributed by atoms with Crippen LogP contribution in [0.2, 0.25) is 0 Å². The molecule has 1 aromatic heterocycles. The average Bonchev–Trinajstić information content (AvgIpc) is 2.17. The SMILES string of the molecule is Cc1cnc(N)nc1N1CC(C)(C)OC(C)(C)C1. The van der Waals surface area contributed by atoms with Gasteiger partial charge in [0.2, 0.25) is 5.95 Å². The van der Waals surface area contributed by atoms with Crippen molar-refractivity contribution in [3.8, 4) is 0 Å². The number of hydrogen-bond acceptors (Lipinski definition) is 5. The van der Waals surface area contributed by atoms with Gasteiger partial charge in [-0.1, -0.05) is 0 Å². The fourth-order valence-corrected chi connectivity index (χ4v) is 2.70. The van der Waals surface area contributed by atoms with E-state index in [1.165, 1.54) is 0 Å². The highest BCUT2D eigenvalue weighted by atomic mass is 16.5. The predicted octanol–water partition coefficient (Wildman–Crippen LogP) is 1.76. The van der Waals surface area contributed by atoms with E-state index in [1.807, 2.05) is 6.92 Å². The van der Waals surface area contributed by atoms with Gasteiger partial charge in [-0.25, -0.2) is 4.98 Å². The molecule has 2 N–H and O–H groups in total. The second-order valence-electron chi connectivity index (χ2n) is 6.21. The van der Waals surface area contributed by atoms with Crippen LogP contribution in [0.4, 0.5) is 11.8 Å². The zero-order valence-corrected chi connectivity index (χ0v) is 11.8. The summed E-state index contributed by atoms with van der Waals surface area (Å²) in [7, 11) is 0. The van der Waals surface area contributed by atoms with Crippen LogP contribution >= 0.6 is 0 Å². The summed E-state index contributed by atoms with van der Waals surface area (Å²) < 4.78 is 6.07. The Morgan fingerprint density at radius 3 is 2.33 bits per heavy atom. The first-order chi connectivity index (χ1) is 8.19. The first-order valence-electron chi connectivity index (χ1n) is 6.23. The summed E-state index contributed by atoms with van der Waals surface area (Å²) in [5, 5.41) is 0. The molecule has 0 amide bonds. The van der Waals surface area contributed by atoms with E-state index in [0.717, 1.165) is 24.5 Å². The Labute approximate surface area is 108 Å². The van der Waals surface area contributed by atoms with Crippen molar-refractivity contribution in [1.29, 1.82) is 0 Å². The van der Waals surface area contributed by atoms with Crippen LogP contribution in [-0.4, -0.2) is 34.3 Å². The van der Waals surface area contributed by atoms with Crippen molar-refractivity contribution in [2.45, 2.75) is 45.8 Å². The number of aryl methyl sites for hydroxylation is 1. The highest BCUT2D eigenvalue weighted by Crippen LogP contribution is 2.31. The van der Waals surface area contributed by atoms with Gasteiger partial charge in [0.15, 0.2) is 0 Å². The summed E-state index contributed by atoms with van der Waals surface area (Å²) in [6, 6.07) is 0. The van der Waals surface area contributed by atoms with E-state index < -0.39 is 0 Å². The minimum absolute atomic E-state index is 0.200. The maximum absolute atomic E-state index is 6.07. The standard InChI is InChI=1S/C13H22N4O/c1-9-6-15-11(14)16-10(9)17-7-12(2,3)18-13(4,5)8-17/h6H,7-8H2,1-5H3,(H2,14,15,16). The molecule has 5 nitrogen and oxygen atoms in total. The van der Waals surface area contributed by atoms with Crippen molar-refractivity contribution in [3.05, 3.63) is 11.8 Å². The molecule has 1 fully saturated rings. The van der Waals surface area contributed by atoms with Gasteiger partial charge in [0, 0.05) is 24.8 Å². The molecule has 100 valence electrons. The summed E-state index contributed by atoms with van der Waals surface area (Å²) in [6.45, 7) is 12.0. The van der Waals surface area contributed by atoms with E-state index in [2.05, 4.69) is 42.6 Å². The minimum atomic E-state index is -0.200. The van der Waals surface area contributed by atoms with Gasteiger partial charge < -0.3 is 15.4 Å². The molecule has 0 aromatic carbocycles. The number of hydrogen-bond donors (Lipinski definition) is 1. The van der Waals surface area contributed by atoms with Gasteiger partial charge in [-0.05, 0) is 34.6 Å². The molecule has 0 aliphatic carbocycles. The number of morpholine rings is 1. The van der Waals surface area contributed by atoms with E-state index in [0.29, 0.717) is 5.95 Å². The number of aromatic nitrogens is 2. The van der Waals surface area contributed by atoms with Crippen LogP contribution in [0.3, 0.4) is 0 Å². The molecule has 0 unspecified atom stereocenters. The van der Waals surface area contributed by atoms with Crippen LogP contribution in [0.5, 0.6) is 0 Å². The zero-order valence-electron chi connectivity index (χ0n) is 11.8. The molecule has 2 rings (SSSR count). The highest BCUT2D eigenvalue weighted by molar-refractivity contribution is 5.49. The lowest BCUT2D eigenvalue weighted by atomic mass is 9.98. The van der Waals surface area contributed by atoms with Crippen molar-refractivity contribution >= 4 is 11.8 Å². The van der Waals surface area contributed by atoms with Gasteiger partial charge in [-0.2, -0.15) is 4.98 Å². The molecule has 1 aromatic rings. The molecule has 5 heteroatoms. The monoisotopic (exact) mass is 250 g/mol. The number of nitrogen functional groups attached to an aromatic ring is 1. The largest absolute Gasteiger partial charge is 0.368 e. The third kappa shape index (κ3) is 2.72. The molecule has 0 radical (unpaired) electrons. The number of nitrogens with zero attached hydrogens (tertiary/aromatic N) is 3. The quantitative estimate of drug-likeness (QED) is 0.822. The van der Waals surface area contributed by atoms with Crippen molar-refractivity contribution in [2.24, 2.45) is 0 Å². The van der Waals surface area contributed by atoms with Crippen LogP contribution < -0.4 is 10.6 Å². The van der Waals surface area contributed by atoms with Gasteiger partial charge in [0.25, 0.3) is 0 Å². The lowest BCUT2D eigenvalue weighted by Crippen LogP contribution is -2.57. The van der Waals surface area contributed by atoms with Crippen molar-refractivity contribution in [2.75, 3.05) is 23.7 Å². The fourth-order valence-electron chi connectivity index (χ4n) is 2.70. The number of anilines is 2. The number of rotatable bonds is 1. The second-order valence-corrected chi connectivity index (χ2v) is 6.21.